The molecule has 2 aromatic heterocycles. The normalized spacial score (nSPS) is 23.7. The first-order valence-corrected chi connectivity index (χ1v) is 18.0. The average molecular weight is 819 g/mol. The Kier molecular flexibility index (Phi) is 9.40. The lowest BCUT2D eigenvalue weighted by Crippen LogP contribution is -2.67. The topological polar surface area (TPSA) is 166 Å². The number of fused-ring (bicyclic) bond motifs is 5. The zero-order valence-corrected chi connectivity index (χ0v) is 32.1. The minimum Gasteiger partial charge on any atom is -0.504 e. The molecule has 0 bridgehead atoms. The zero-order chi connectivity index (χ0) is 39.0. The maximum Gasteiger partial charge on any atom is 0.347 e. The highest BCUT2D eigenvalue weighted by molar-refractivity contribution is 6.66. The highest BCUT2D eigenvalue weighted by Gasteiger charge is 2.70. The van der Waals surface area contributed by atoms with E-state index in [0.29, 0.717) is 33.7 Å². The fourth-order valence-electron chi connectivity index (χ4n) is 7.55. The number of aromatic hydroxyl groups is 1. The van der Waals surface area contributed by atoms with Gasteiger partial charge in [0.05, 0.1) is 44.9 Å². The van der Waals surface area contributed by atoms with Crippen LogP contribution in [-0.2, 0) is 36.1 Å². The summed E-state index contributed by atoms with van der Waals surface area (Å²) in [5.41, 5.74) is 0.117. The minimum absolute atomic E-state index is 0.0847. The van der Waals surface area contributed by atoms with Crippen LogP contribution in [0.25, 0.3) is 17.1 Å². The summed E-state index contributed by atoms with van der Waals surface area (Å²) in [5, 5.41) is 8.94. The first kappa shape index (κ1) is 37.6. The number of phenols is 1. The molecule has 0 amide bonds. The van der Waals surface area contributed by atoms with Crippen LogP contribution in [0, 0.1) is 5.92 Å². The summed E-state index contributed by atoms with van der Waals surface area (Å²) in [7, 11) is 5.91. The molecule has 18 heteroatoms. The number of aromatic nitrogens is 5. The molecule has 3 aliphatic rings. The third kappa shape index (κ3) is 5.36. The van der Waals surface area contributed by atoms with Gasteiger partial charge >= 0.3 is 11.4 Å². The van der Waals surface area contributed by atoms with Crippen molar-refractivity contribution in [2.24, 2.45) is 13.0 Å². The molecule has 1 N–H and O–H groups in total. The molecule has 2 aromatic carbocycles. The standard InChI is InChI=1S/C36H31Cl4N5O9/c1-42-22-15-27(54-4)26(53-3)14-21(22)41-20(32(42)49)10-11-43-33(50)44-12-9-18-19(7-5-17-6-8-24(46)25(13-17)52-2)36(40)31(48)29(38)28(37)30(47)35(36,39)16-23(18)45(44)34(43)51/h5-9,13-15,19,23,46H,10-12,16H2,1-4H3/t19-,23+,35+,36-/m0/s1. The van der Waals surface area contributed by atoms with Crippen molar-refractivity contribution < 1.29 is 28.9 Å². The van der Waals surface area contributed by atoms with Crippen LogP contribution in [0.15, 0.2) is 72.5 Å². The molecule has 7 rings (SSSR count). The van der Waals surface area contributed by atoms with Crippen LogP contribution in [0.5, 0.6) is 23.0 Å². The van der Waals surface area contributed by atoms with Gasteiger partial charge in [0.15, 0.2) is 34.6 Å². The maximum atomic E-state index is 14.2. The lowest BCUT2D eigenvalue weighted by molar-refractivity contribution is -0.129. The van der Waals surface area contributed by atoms with E-state index < -0.39 is 66.7 Å². The Morgan fingerprint density at radius 3 is 2.28 bits per heavy atom. The van der Waals surface area contributed by atoms with Crippen LogP contribution in [0.1, 0.15) is 23.7 Å². The number of carbonyl (C=O) groups excluding carboxylic acids is 2. The van der Waals surface area contributed by atoms with Gasteiger partial charge in [-0.15, -0.1) is 23.2 Å². The monoisotopic (exact) mass is 817 g/mol. The molecule has 282 valence electrons. The van der Waals surface area contributed by atoms with Crippen LogP contribution < -0.4 is 31.1 Å². The number of rotatable bonds is 8. The number of benzene rings is 2. The highest BCUT2D eigenvalue weighted by Crippen LogP contribution is 2.61. The van der Waals surface area contributed by atoms with Crippen molar-refractivity contribution in [1.82, 2.24) is 23.5 Å². The Labute approximate surface area is 325 Å². The number of hydrogen-bond donors (Lipinski definition) is 1. The molecular weight excluding hydrogens is 788 g/mol. The third-order valence-electron chi connectivity index (χ3n) is 10.3. The van der Waals surface area contributed by atoms with E-state index in [0.717, 1.165) is 4.57 Å². The van der Waals surface area contributed by atoms with E-state index in [9.17, 15) is 29.1 Å². The summed E-state index contributed by atoms with van der Waals surface area (Å²) in [6.45, 7) is -0.316. The Morgan fingerprint density at radius 2 is 1.59 bits per heavy atom. The van der Waals surface area contributed by atoms with Gasteiger partial charge < -0.3 is 23.9 Å². The van der Waals surface area contributed by atoms with Crippen molar-refractivity contribution in [3.8, 4) is 23.0 Å². The predicted molar refractivity (Wildman–Crippen MR) is 202 cm³/mol. The van der Waals surface area contributed by atoms with Crippen LogP contribution >= 0.6 is 46.4 Å². The molecule has 1 aliphatic heterocycles. The number of nitrogens with zero attached hydrogens (tertiary/aromatic N) is 5. The second kappa shape index (κ2) is 13.5. The van der Waals surface area contributed by atoms with Crippen LogP contribution in [-0.4, -0.2) is 71.2 Å². The van der Waals surface area contributed by atoms with Gasteiger partial charge in [-0.1, -0.05) is 47.5 Å². The molecule has 1 fully saturated rings. The SMILES string of the molecule is COc1cc(C=C[C@H]2C3=CCn4c(=O)n(CCc5nc6cc(OC)c(OC)cc6n(C)c5=O)c(=O)n4[C@@H]3C[C@@]3(Cl)C(=O)C(Cl)=C(Cl)C(=O)[C@@]23Cl)ccc1O. The van der Waals surface area contributed by atoms with Crippen molar-refractivity contribution in [3.05, 3.63) is 101 Å². The fraction of sp³-hybridized carbons (Fsp3) is 0.333. The molecule has 1 saturated carbocycles. The van der Waals surface area contributed by atoms with Crippen molar-refractivity contribution in [2.45, 2.75) is 41.7 Å². The Bertz CT molecular complexity index is 2580. The van der Waals surface area contributed by atoms with Gasteiger partial charge in [0.25, 0.3) is 5.56 Å². The maximum absolute atomic E-state index is 14.2. The number of carbonyl (C=O) groups is 2. The molecule has 0 saturated heterocycles. The smallest absolute Gasteiger partial charge is 0.347 e. The third-order valence-corrected chi connectivity index (χ3v) is 12.6. The molecule has 54 heavy (non-hydrogen) atoms. The van der Waals surface area contributed by atoms with Gasteiger partial charge in [-0.25, -0.2) is 28.5 Å². The van der Waals surface area contributed by atoms with E-state index in [-0.39, 0.29) is 36.7 Å². The second-order valence-electron chi connectivity index (χ2n) is 13.0. The van der Waals surface area contributed by atoms with Gasteiger partial charge in [0, 0.05) is 44.5 Å². The molecule has 4 aromatic rings. The van der Waals surface area contributed by atoms with E-state index in [2.05, 4.69) is 4.98 Å². The summed E-state index contributed by atoms with van der Waals surface area (Å²) in [6, 6.07) is 6.76. The van der Waals surface area contributed by atoms with Crippen LogP contribution in [0.4, 0.5) is 0 Å². The highest BCUT2D eigenvalue weighted by atomic mass is 35.5. The Hall–Kier alpha value is -4.76. The number of halogens is 4. The largest absolute Gasteiger partial charge is 0.504 e. The number of hydrogen-bond acceptors (Lipinski definition) is 10. The van der Waals surface area contributed by atoms with Gasteiger partial charge in [-0.3, -0.25) is 14.4 Å². The first-order valence-electron chi connectivity index (χ1n) is 16.4. The second-order valence-corrected chi connectivity index (χ2v) is 15.0. The minimum atomic E-state index is -2.21. The first-order chi connectivity index (χ1) is 25.6. The summed E-state index contributed by atoms with van der Waals surface area (Å²) < 4.78 is 20.7. The number of Topliss-reactive ketones (excluding diaryl/α,β-unsaturated/α-hetero) is 2. The van der Waals surface area contributed by atoms with E-state index in [4.69, 9.17) is 60.6 Å². The lowest BCUT2D eigenvalue weighted by atomic mass is 9.60. The molecule has 2 aliphatic carbocycles. The van der Waals surface area contributed by atoms with Crippen LogP contribution in [0.3, 0.4) is 0 Å². The number of methoxy groups -OCH3 is 3. The van der Waals surface area contributed by atoms with Gasteiger partial charge in [-0.2, -0.15) is 0 Å². The summed E-state index contributed by atoms with van der Waals surface area (Å²) in [4.78, 5) is 69.4. The van der Waals surface area contributed by atoms with Crippen molar-refractivity contribution in [1.29, 1.82) is 0 Å². The molecule has 0 unspecified atom stereocenters. The summed E-state index contributed by atoms with van der Waals surface area (Å²) in [6.07, 6.45) is 4.34. The van der Waals surface area contributed by atoms with Crippen LogP contribution in [0.2, 0.25) is 0 Å². The summed E-state index contributed by atoms with van der Waals surface area (Å²) >= 11 is 27.0. The van der Waals surface area contributed by atoms with Gasteiger partial charge in [0.1, 0.15) is 25.5 Å². The quantitative estimate of drug-likeness (QED) is 0.203. The van der Waals surface area contributed by atoms with E-state index in [1.54, 1.807) is 49.5 Å². The average Bonchev–Trinajstić information content (AvgIpc) is 3.41. The number of alkyl halides is 2. The fourth-order valence-corrected chi connectivity index (χ4v) is 9.03. The van der Waals surface area contributed by atoms with Crippen molar-refractivity contribution in [2.75, 3.05) is 21.3 Å². The number of aryl methyl sites for hydroxylation is 2. The molecule has 4 atom stereocenters. The van der Waals surface area contributed by atoms with E-state index in [1.165, 1.54) is 41.3 Å². The van der Waals surface area contributed by atoms with E-state index >= 15 is 0 Å². The zero-order valence-electron chi connectivity index (χ0n) is 29.1. The number of ketones is 2. The van der Waals surface area contributed by atoms with Gasteiger partial charge in [0.2, 0.25) is 0 Å². The molecule has 0 spiro atoms. The number of allylic oxidation sites excluding steroid dienone is 5. The Balaban J connectivity index is 1.31. The molecule has 0 radical (unpaired) electrons. The van der Waals surface area contributed by atoms with E-state index in [1.807, 2.05) is 0 Å². The summed E-state index contributed by atoms with van der Waals surface area (Å²) in [5.74, 6) is -2.05. The lowest BCUT2D eigenvalue weighted by Gasteiger charge is -2.53. The number of ether oxygens (including phenoxy) is 3. The molecule has 3 heterocycles. The van der Waals surface area contributed by atoms with Gasteiger partial charge in [-0.05, 0) is 23.3 Å². The Morgan fingerprint density at radius 1 is 0.926 bits per heavy atom. The van der Waals surface area contributed by atoms with Crippen molar-refractivity contribution >= 4 is 75.1 Å². The number of phenolic OH excluding ortho intramolecular Hbond substituents is 1. The van der Waals surface area contributed by atoms with Crippen molar-refractivity contribution in [3.63, 3.8) is 0 Å². The molecule has 14 nitrogen and oxygen atoms in total. The predicted octanol–water partition coefficient (Wildman–Crippen LogP) is 4.04. The molecular formula is C36H31Cl4N5O9.